The summed E-state index contributed by atoms with van der Waals surface area (Å²) in [6, 6.07) is -3.52. The van der Waals surface area contributed by atoms with Crippen molar-refractivity contribution in [1.82, 2.24) is 26.2 Å². The monoisotopic (exact) mass is 749 g/mol. The van der Waals surface area contributed by atoms with E-state index in [0.717, 1.165) is 38.5 Å². The van der Waals surface area contributed by atoms with E-state index in [9.17, 15) is 32.4 Å². The third-order valence-electron chi connectivity index (χ3n) is 12.7. The number of nitrogens with zero attached hydrogens (tertiary/aromatic N) is 1. The lowest BCUT2D eigenvalue weighted by atomic mass is 9.83. The van der Waals surface area contributed by atoms with Crippen LogP contribution in [0.2, 0.25) is 0 Å². The number of unbranched alkanes of at least 4 members (excludes halogenated alkanes) is 1. The first-order chi connectivity index (χ1) is 24.3. The SMILES string of the molecule is CCCC[C@H](NC(=O)C1C2C(CN1C(=O)[C@@H](NC(=O)NC1(CS(=O)(=O)C3(C)CCOCC3)CCCCC1)C(C)(C)C)C2(C)C)C(=O)C(=O)NC1CC1. The molecule has 0 bridgehead atoms. The lowest BCUT2D eigenvalue weighted by molar-refractivity contribution is -0.145. The number of ether oxygens (including phenoxy) is 1. The molecule has 13 nitrogen and oxygen atoms in total. The quantitative estimate of drug-likeness (QED) is 0.195. The van der Waals surface area contributed by atoms with E-state index < -0.39 is 73.2 Å². The van der Waals surface area contributed by atoms with Crippen LogP contribution in [0.4, 0.5) is 4.79 Å². The average Bonchev–Trinajstić information content (AvgIpc) is 3.92. The molecule has 5 atom stereocenters. The minimum absolute atomic E-state index is 0.00152. The number of Topliss-reactive ketones (excluding diaryl/α,β-unsaturated/α-hetero) is 1. The maximum atomic E-state index is 14.6. The van der Waals surface area contributed by atoms with Crippen LogP contribution in [-0.2, 0) is 33.8 Å². The van der Waals surface area contributed by atoms with E-state index in [4.69, 9.17) is 4.74 Å². The van der Waals surface area contributed by atoms with Crippen LogP contribution in [0.3, 0.4) is 0 Å². The Morgan fingerprint density at radius 3 is 2.13 bits per heavy atom. The molecule has 0 aromatic heterocycles. The second-order valence-electron chi connectivity index (χ2n) is 18.3. The summed E-state index contributed by atoms with van der Waals surface area (Å²) in [5, 5.41) is 11.6. The standard InChI is InChI=1S/C38H63N5O8S/c1-8-9-13-26(29(44)32(46)39-24-14-15-24)40-31(45)28-27-25(36(27,5)6)22-43(28)33(47)30(35(2,3)4)41-34(48)42-38(16-11-10-12-17-38)23-52(49,50)37(7)18-20-51-21-19-37/h24-28,30H,8-23H2,1-7H3,(H,39,46)(H,40,45)(H2,41,42,48)/t25?,26-,27?,28?,30+/m0/s1. The molecular weight excluding hydrogens is 687 g/mol. The van der Waals surface area contributed by atoms with Crippen molar-refractivity contribution in [3.8, 4) is 0 Å². The van der Waals surface area contributed by atoms with Crippen molar-refractivity contribution in [2.75, 3.05) is 25.5 Å². The van der Waals surface area contributed by atoms with E-state index in [0.29, 0.717) is 58.3 Å². The predicted octanol–water partition coefficient (Wildman–Crippen LogP) is 3.39. The van der Waals surface area contributed by atoms with Crippen LogP contribution in [0.25, 0.3) is 0 Å². The molecule has 2 saturated heterocycles. The smallest absolute Gasteiger partial charge is 0.315 e. The Balaban J connectivity index is 1.33. The molecular formula is C38H63N5O8S. The van der Waals surface area contributed by atoms with Gasteiger partial charge in [0.05, 0.1) is 22.1 Å². The van der Waals surface area contributed by atoms with Crippen LogP contribution in [0.1, 0.15) is 126 Å². The first kappa shape index (κ1) is 40.4. The molecule has 0 radical (unpaired) electrons. The van der Waals surface area contributed by atoms with E-state index in [1.165, 1.54) is 0 Å². The predicted molar refractivity (Wildman–Crippen MR) is 197 cm³/mol. The van der Waals surface area contributed by atoms with Gasteiger partial charge < -0.3 is 30.9 Å². The number of fused-ring (bicyclic) bond motifs is 1. The van der Waals surface area contributed by atoms with Gasteiger partial charge in [0.1, 0.15) is 12.1 Å². The number of ketones is 1. The Kier molecular flexibility index (Phi) is 11.8. The third-order valence-corrected chi connectivity index (χ3v) is 15.6. The average molecular weight is 750 g/mol. The van der Waals surface area contributed by atoms with Crippen LogP contribution in [-0.4, -0.2) is 103 Å². The van der Waals surface area contributed by atoms with E-state index in [1.807, 2.05) is 27.7 Å². The molecule has 3 aliphatic carbocycles. The molecule has 294 valence electrons. The summed E-state index contributed by atoms with van der Waals surface area (Å²) in [7, 11) is -3.62. The number of carbonyl (C=O) groups excluding carboxylic acids is 5. The van der Waals surface area contributed by atoms with Crippen molar-refractivity contribution in [3.05, 3.63) is 0 Å². The Bertz CT molecular complexity index is 1490. The number of likely N-dealkylation sites (tertiary alicyclic amines) is 1. The normalized spacial score (nSPS) is 27.4. The molecule has 5 fully saturated rings. The molecule has 4 N–H and O–H groups in total. The summed E-state index contributed by atoms with van der Waals surface area (Å²) < 4.78 is 32.3. The fourth-order valence-corrected chi connectivity index (χ4v) is 11.0. The topological polar surface area (TPSA) is 180 Å². The zero-order valence-electron chi connectivity index (χ0n) is 32.4. The zero-order valence-corrected chi connectivity index (χ0v) is 33.2. The summed E-state index contributed by atoms with van der Waals surface area (Å²) in [5.74, 6) is -2.50. The number of hydrogen-bond acceptors (Lipinski definition) is 8. The molecule has 2 aliphatic heterocycles. The van der Waals surface area contributed by atoms with Crippen molar-refractivity contribution in [3.63, 3.8) is 0 Å². The highest BCUT2D eigenvalue weighted by molar-refractivity contribution is 7.92. The molecule has 0 spiro atoms. The van der Waals surface area contributed by atoms with E-state index >= 15 is 0 Å². The summed E-state index contributed by atoms with van der Waals surface area (Å²) in [6.07, 6.45) is 7.75. The molecule has 3 saturated carbocycles. The fraction of sp³-hybridized carbons (Fsp3) is 0.868. The largest absolute Gasteiger partial charge is 0.381 e. The van der Waals surface area contributed by atoms with Crippen LogP contribution in [0, 0.1) is 22.7 Å². The Morgan fingerprint density at radius 2 is 1.56 bits per heavy atom. The number of hydrogen-bond donors (Lipinski definition) is 4. The van der Waals surface area contributed by atoms with Crippen LogP contribution < -0.4 is 21.3 Å². The van der Waals surface area contributed by atoms with Crippen LogP contribution in [0.15, 0.2) is 0 Å². The minimum Gasteiger partial charge on any atom is -0.381 e. The molecule has 52 heavy (non-hydrogen) atoms. The van der Waals surface area contributed by atoms with Crippen molar-refractivity contribution in [1.29, 1.82) is 0 Å². The van der Waals surface area contributed by atoms with Gasteiger partial charge in [0.25, 0.3) is 5.91 Å². The maximum Gasteiger partial charge on any atom is 0.315 e. The Morgan fingerprint density at radius 1 is 0.923 bits per heavy atom. The van der Waals surface area contributed by atoms with Gasteiger partial charge in [-0.3, -0.25) is 19.2 Å². The van der Waals surface area contributed by atoms with Crippen molar-refractivity contribution in [2.24, 2.45) is 22.7 Å². The number of rotatable bonds is 14. The molecule has 5 amide bonds. The highest BCUT2D eigenvalue weighted by atomic mass is 32.2. The van der Waals surface area contributed by atoms with Gasteiger partial charge in [0, 0.05) is 25.8 Å². The van der Waals surface area contributed by atoms with E-state index in [2.05, 4.69) is 35.1 Å². The highest BCUT2D eigenvalue weighted by Crippen LogP contribution is 2.65. The first-order valence-corrected chi connectivity index (χ1v) is 21.2. The minimum atomic E-state index is -3.62. The molecule has 0 aromatic rings. The number of amides is 5. The highest BCUT2D eigenvalue weighted by Gasteiger charge is 2.70. The Hall–Kier alpha value is -2.74. The summed E-state index contributed by atoms with van der Waals surface area (Å²) in [6.45, 7) is 14.5. The van der Waals surface area contributed by atoms with Crippen LogP contribution >= 0.6 is 0 Å². The lowest BCUT2D eigenvalue weighted by Gasteiger charge is -2.42. The third kappa shape index (κ3) is 8.63. The first-order valence-electron chi connectivity index (χ1n) is 19.6. The molecule has 5 rings (SSSR count). The number of sulfone groups is 1. The van der Waals surface area contributed by atoms with Gasteiger partial charge >= 0.3 is 6.03 Å². The van der Waals surface area contributed by atoms with Gasteiger partial charge in [-0.1, -0.05) is 73.6 Å². The van der Waals surface area contributed by atoms with E-state index in [1.54, 1.807) is 11.8 Å². The summed E-state index contributed by atoms with van der Waals surface area (Å²) in [4.78, 5) is 70.2. The number of carbonyl (C=O) groups is 5. The number of urea groups is 1. The summed E-state index contributed by atoms with van der Waals surface area (Å²) in [5.41, 5.74) is -1.94. The second kappa shape index (κ2) is 15.2. The van der Waals surface area contributed by atoms with Crippen molar-refractivity contribution in [2.45, 2.75) is 160 Å². The zero-order chi connectivity index (χ0) is 38.3. The fourth-order valence-electron chi connectivity index (χ4n) is 8.80. The molecule has 14 heteroatoms. The molecule has 3 unspecified atom stereocenters. The van der Waals surface area contributed by atoms with Gasteiger partial charge in [-0.15, -0.1) is 0 Å². The van der Waals surface area contributed by atoms with E-state index in [-0.39, 0.29) is 29.0 Å². The van der Waals surface area contributed by atoms with Gasteiger partial charge in [-0.2, -0.15) is 0 Å². The van der Waals surface area contributed by atoms with Crippen molar-refractivity contribution >= 4 is 39.4 Å². The summed E-state index contributed by atoms with van der Waals surface area (Å²) >= 11 is 0. The molecule has 2 heterocycles. The van der Waals surface area contributed by atoms with Gasteiger partial charge in [-0.25, -0.2) is 13.2 Å². The number of nitrogens with one attached hydrogen (secondary N) is 4. The Labute approximate surface area is 310 Å². The van der Waals surface area contributed by atoms with Crippen LogP contribution in [0.5, 0.6) is 0 Å². The number of piperidine rings is 1. The molecule has 0 aromatic carbocycles. The van der Waals surface area contributed by atoms with Gasteiger partial charge in [0.15, 0.2) is 9.84 Å². The maximum absolute atomic E-state index is 14.6. The van der Waals surface area contributed by atoms with Gasteiger partial charge in [-0.05, 0) is 74.5 Å². The van der Waals surface area contributed by atoms with Crippen molar-refractivity contribution < 1.29 is 37.1 Å². The lowest BCUT2D eigenvalue weighted by Crippen LogP contribution is -2.64. The van der Waals surface area contributed by atoms with Gasteiger partial charge in [0.2, 0.25) is 17.6 Å². The second-order valence-corrected chi connectivity index (χ2v) is 20.8. The molecule has 5 aliphatic rings.